The first-order valence-corrected chi connectivity index (χ1v) is 9.27. The molecular weight excluding hydrogens is 376 g/mol. The highest BCUT2D eigenvalue weighted by Crippen LogP contribution is 2.31. The number of hydrogen-bond donors (Lipinski definition) is 2. The molecular formula is C20H22N4O5. The fourth-order valence-electron chi connectivity index (χ4n) is 3.51. The van der Waals surface area contributed by atoms with Crippen LogP contribution >= 0.6 is 0 Å². The molecule has 1 amide bonds. The molecule has 9 heteroatoms. The number of anilines is 1. The molecule has 9 nitrogen and oxygen atoms in total. The van der Waals surface area contributed by atoms with E-state index < -0.39 is 5.56 Å². The molecule has 0 aliphatic carbocycles. The summed E-state index contributed by atoms with van der Waals surface area (Å²) in [6.45, 7) is 4.52. The van der Waals surface area contributed by atoms with Crippen molar-refractivity contribution in [2.45, 2.75) is 20.0 Å². The molecule has 2 aromatic heterocycles. The second kappa shape index (κ2) is 7.59. The van der Waals surface area contributed by atoms with Crippen LogP contribution in [0.4, 0.5) is 5.88 Å². The van der Waals surface area contributed by atoms with Crippen molar-refractivity contribution < 1.29 is 18.7 Å². The van der Waals surface area contributed by atoms with E-state index in [9.17, 15) is 9.59 Å². The van der Waals surface area contributed by atoms with Gasteiger partial charge in [-0.05, 0) is 33.0 Å². The lowest BCUT2D eigenvalue weighted by atomic mass is 10.2. The number of H-pyrrole nitrogens is 1. The Hall–Kier alpha value is -3.33. The number of fused-ring (bicyclic) bond motifs is 2. The van der Waals surface area contributed by atoms with E-state index in [4.69, 9.17) is 13.9 Å². The summed E-state index contributed by atoms with van der Waals surface area (Å²) in [6.07, 6.45) is -0.189. The Morgan fingerprint density at radius 2 is 2.03 bits per heavy atom. The Kier molecular flexibility index (Phi) is 4.98. The van der Waals surface area contributed by atoms with Gasteiger partial charge in [0, 0.05) is 6.54 Å². The topological polar surface area (TPSA) is 110 Å². The zero-order valence-electron chi connectivity index (χ0n) is 16.4. The molecule has 0 bridgehead atoms. The third-order valence-corrected chi connectivity index (χ3v) is 4.75. The maximum Gasteiger partial charge on any atom is 0.277 e. The number of aryl methyl sites for hydroxylation is 2. The van der Waals surface area contributed by atoms with E-state index in [-0.39, 0.29) is 24.4 Å². The van der Waals surface area contributed by atoms with Crippen molar-refractivity contribution in [3.8, 4) is 11.5 Å². The summed E-state index contributed by atoms with van der Waals surface area (Å²) < 4.78 is 17.2. The van der Waals surface area contributed by atoms with Gasteiger partial charge in [-0.1, -0.05) is 12.1 Å². The van der Waals surface area contributed by atoms with Crippen LogP contribution in [-0.2, 0) is 4.79 Å². The Morgan fingerprint density at radius 1 is 1.28 bits per heavy atom. The molecule has 0 saturated heterocycles. The highest BCUT2D eigenvalue weighted by Gasteiger charge is 2.23. The van der Waals surface area contributed by atoms with Crippen LogP contribution in [0.25, 0.3) is 10.8 Å². The van der Waals surface area contributed by atoms with Crippen LogP contribution < -0.4 is 20.3 Å². The van der Waals surface area contributed by atoms with Gasteiger partial charge in [-0.25, -0.2) is 5.10 Å². The summed E-state index contributed by atoms with van der Waals surface area (Å²) in [5.41, 5.74) is 0.228. The normalized spacial score (nSPS) is 15.7. The summed E-state index contributed by atoms with van der Waals surface area (Å²) in [5, 5.41) is 9.96. The van der Waals surface area contributed by atoms with Crippen molar-refractivity contribution in [2.75, 3.05) is 32.1 Å². The molecule has 0 radical (unpaired) electrons. The summed E-state index contributed by atoms with van der Waals surface area (Å²) >= 11 is 0. The van der Waals surface area contributed by atoms with Crippen molar-refractivity contribution in [1.82, 2.24) is 15.1 Å². The lowest BCUT2D eigenvalue weighted by Crippen LogP contribution is -2.42. The number of benzene rings is 1. The van der Waals surface area contributed by atoms with Crippen molar-refractivity contribution in [3.05, 3.63) is 46.1 Å². The predicted molar refractivity (Wildman–Crippen MR) is 107 cm³/mol. The Balaban J connectivity index is 1.40. The summed E-state index contributed by atoms with van der Waals surface area (Å²) in [6, 6.07) is 7.49. The first-order chi connectivity index (χ1) is 13.9. The van der Waals surface area contributed by atoms with Gasteiger partial charge in [-0.3, -0.25) is 19.8 Å². The van der Waals surface area contributed by atoms with Crippen molar-refractivity contribution in [1.29, 1.82) is 0 Å². The quantitative estimate of drug-likeness (QED) is 0.675. The number of aromatic nitrogens is 2. The molecule has 1 aliphatic heterocycles. The largest absolute Gasteiger partial charge is 0.486 e. The number of carbonyl (C=O) groups is 1. The molecule has 0 saturated carbocycles. The average molecular weight is 398 g/mol. The highest BCUT2D eigenvalue weighted by atomic mass is 16.6. The van der Waals surface area contributed by atoms with Gasteiger partial charge in [-0.15, -0.1) is 0 Å². The molecule has 3 heterocycles. The first kappa shape index (κ1) is 19.0. The highest BCUT2D eigenvalue weighted by molar-refractivity contribution is 6.01. The van der Waals surface area contributed by atoms with Crippen molar-refractivity contribution >= 4 is 22.6 Å². The second-order valence-electron chi connectivity index (χ2n) is 7.12. The number of nitrogens with one attached hydrogen (secondary N) is 2. The number of likely N-dealkylation sites (N-methyl/N-ethyl adjacent to an activating group) is 1. The monoisotopic (exact) mass is 398 g/mol. The summed E-state index contributed by atoms with van der Waals surface area (Å²) in [5.74, 6) is 1.79. The number of nitrogens with zero attached hydrogens (tertiary/aromatic N) is 2. The van der Waals surface area contributed by atoms with Gasteiger partial charge in [0.1, 0.15) is 23.9 Å². The van der Waals surface area contributed by atoms with Gasteiger partial charge in [0.25, 0.3) is 5.56 Å². The predicted octanol–water partition coefficient (Wildman–Crippen LogP) is 1.84. The van der Waals surface area contributed by atoms with E-state index >= 15 is 0 Å². The standard InChI is InChI=1S/C20H22N4O5/c1-11-17-12(2)28-20(18(17)19(26)23-22-11)21-16(25)9-24(3)8-13-10-27-14-6-4-5-7-15(14)29-13/h4-7,13H,8-10H2,1-3H3,(H,21,25)(H,23,26). The summed E-state index contributed by atoms with van der Waals surface area (Å²) in [4.78, 5) is 26.5. The van der Waals surface area contributed by atoms with Gasteiger partial charge < -0.3 is 13.9 Å². The number of furan rings is 1. The fourth-order valence-corrected chi connectivity index (χ4v) is 3.51. The number of rotatable bonds is 5. The minimum absolute atomic E-state index is 0.102. The molecule has 0 fully saturated rings. The van der Waals surface area contributed by atoms with Crippen LogP contribution in [0.5, 0.6) is 11.5 Å². The lowest BCUT2D eigenvalue weighted by molar-refractivity contribution is -0.117. The van der Waals surface area contributed by atoms with E-state index in [0.29, 0.717) is 41.1 Å². The fraction of sp³-hybridized carbons (Fsp3) is 0.350. The molecule has 1 unspecified atom stereocenters. The number of aromatic amines is 1. The van der Waals surface area contributed by atoms with Gasteiger partial charge in [-0.2, -0.15) is 5.10 Å². The van der Waals surface area contributed by atoms with E-state index in [1.807, 2.05) is 36.2 Å². The van der Waals surface area contributed by atoms with Crippen LogP contribution in [0.15, 0.2) is 33.5 Å². The van der Waals surface area contributed by atoms with Crippen LogP contribution in [-0.4, -0.2) is 53.9 Å². The lowest BCUT2D eigenvalue weighted by Gasteiger charge is -2.29. The Morgan fingerprint density at radius 3 is 2.83 bits per heavy atom. The Bertz CT molecular complexity index is 1120. The van der Waals surface area contributed by atoms with Crippen LogP contribution in [0, 0.1) is 13.8 Å². The number of hydrogen-bond acceptors (Lipinski definition) is 7. The number of ether oxygens (including phenoxy) is 2. The second-order valence-corrected chi connectivity index (χ2v) is 7.12. The van der Waals surface area contributed by atoms with Crippen molar-refractivity contribution in [2.24, 2.45) is 0 Å². The summed E-state index contributed by atoms with van der Waals surface area (Å²) in [7, 11) is 1.82. The van der Waals surface area contributed by atoms with Crippen LogP contribution in [0.2, 0.25) is 0 Å². The van der Waals surface area contributed by atoms with Gasteiger partial charge in [0.05, 0.1) is 17.6 Å². The van der Waals surface area contributed by atoms with Crippen LogP contribution in [0.3, 0.4) is 0 Å². The maximum absolute atomic E-state index is 12.5. The van der Waals surface area contributed by atoms with E-state index in [1.54, 1.807) is 13.8 Å². The van der Waals surface area contributed by atoms with Gasteiger partial charge in [0.2, 0.25) is 11.8 Å². The number of carbonyl (C=O) groups excluding carboxylic acids is 1. The molecule has 29 heavy (non-hydrogen) atoms. The maximum atomic E-state index is 12.5. The van der Waals surface area contributed by atoms with E-state index in [1.165, 1.54) is 0 Å². The average Bonchev–Trinajstić information content (AvgIpc) is 3.01. The molecule has 152 valence electrons. The molecule has 3 aromatic rings. The van der Waals surface area contributed by atoms with Gasteiger partial charge in [0.15, 0.2) is 11.5 Å². The minimum atomic E-state index is -0.405. The first-order valence-electron chi connectivity index (χ1n) is 9.27. The zero-order valence-corrected chi connectivity index (χ0v) is 16.4. The molecule has 0 spiro atoms. The van der Waals surface area contributed by atoms with E-state index in [0.717, 1.165) is 5.75 Å². The molecule has 2 N–H and O–H groups in total. The smallest absolute Gasteiger partial charge is 0.277 e. The SMILES string of the molecule is Cc1n[nH]c(=O)c2c(NC(=O)CN(C)CC3COc4ccccc4O3)oc(C)c12. The molecule has 1 aliphatic rings. The van der Waals surface area contributed by atoms with Crippen LogP contribution in [0.1, 0.15) is 11.5 Å². The van der Waals surface area contributed by atoms with Crippen molar-refractivity contribution in [3.63, 3.8) is 0 Å². The Labute approximate surface area is 166 Å². The minimum Gasteiger partial charge on any atom is -0.486 e. The van der Waals surface area contributed by atoms with E-state index in [2.05, 4.69) is 15.5 Å². The molecule has 1 atom stereocenters. The number of para-hydroxylation sites is 2. The number of amides is 1. The zero-order chi connectivity index (χ0) is 20.5. The van der Waals surface area contributed by atoms with Gasteiger partial charge >= 0.3 is 0 Å². The molecule has 4 rings (SSSR count). The molecule has 1 aromatic carbocycles. The third kappa shape index (κ3) is 3.81. The third-order valence-electron chi connectivity index (χ3n) is 4.75.